The molecule has 1 aliphatic heterocycles. The second-order valence-corrected chi connectivity index (χ2v) is 4.75. The van der Waals surface area contributed by atoms with Crippen LogP contribution >= 0.6 is 0 Å². The standard InChI is InChI=1S/C11H25N3/c1-10-6-5-7-11(2)14(10)12-8-9-13(3)4/h10-12H,5-9H2,1-4H3. The summed E-state index contributed by atoms with van der Waals surface area (Å²) in [4.78, 5) is 2.21. The monoisotopic (exact) mass is 199 g/mol. The van der Waals surface area contributed by atoms with Gasteiger partial charge in [-0.15, -0.1) is 0 Å². The van der Waals surface area contributed by atoms with Crippen molar-refractivity contribution in [1.29, 1.82) is 0 Å². The zero-order valence-electron chi connectivity index (χ0n) is 10.1. The van der Waals surface area contributed by atoms with Crippen LogP contribution in [-0.2, 0) is 0 Å². The average molecular weight is 199 g/mol. The topological polar surface area (TPSA) is 18.5 Å². The second-order valence-electron chi connectivity index (χ2n) is 4.75. The molecule has 0 aromatic heterocycles. The molecule has 0 spiro atoms. The predicted octanol–water partition coefficient (Wildman–Crippen LogP) is 1.32. The summed E-state index contributed by atoms with van der Waals surface area (Å²) in [5.74, 6) is 0. The van der Waals surface area contributed by atoms with E-state index in [1.807, 2.05) is 0 Å². The first-order chi connectivity index (χ1) is 6.61. The van der Waals surface area contributed by atoms with Crippen molar-refractivity contribution in [3.05, 3.63) is 0 Å². The predicted molar refractivity (Wildman–Crippen MR) is 61.2 cm³/mol. The first kappa shape index (κ1) is 12.0. The molecule has 1 N–H and O–H groups in total. The molecule has 3 heteroatoms. The molecule has 1 aliphatic rings. The van der Waals surface area contributed by atoms with Crippen LogP contribution < -0.4 is 5.43 Å². The number of piperidine rings is 1. The van der Waals surface area contributed by atoms with Gasteiger partial charge < -0.3 is 4.90 Å². The Bertz CT molecular complexity index is 149. The van der Waals surface area contributed by atoms with Crippen LogP contribution in [0.2, 0.25) is 0 Å². The van der Waals surface area contributed by atoms with Gasteiger partial charge in [0, 0.05) is 25.2 Å². The minimum absolute atomic E-state index is 0.695. The fourth-order valence-electron chi connectivity index (χ4n) is 2.14. The van der Waals surface area contributed by atoms with Gasteiger partial charge in [-0.05, 0) is 40.8 Å². The van der Waals surface area contributed by atoms with Gasteiger partial charge in [-0.25, -0.2) is 5.01 Å². The number of nitrogens with one attached hydrogen (secondary N) is 1. The highest BCUT2D eigenvalue weighted by atomic mass is 15.5. The first-order valence-electron chi connectivity index (χ1n) is 5.78. The molecule has 0 aromatic rings. The van der Waals surface area contributed by atoms with E-state index in [1.165, 1.54) is 19.3 Å². The van der Waals surface area contributed by atoms with Crippen molar-refractivity contribution >= 4 is 0 Å². The zero-order valence-corrected chi connectivity index (χ0v) is 10.1. The molecule has 0 bridgehead atoms. The van der Waals surface area contributed by atoms with E-state index in [4.69, 9.17) is 0 Å². The highest BCUT2D eigenvalue weighted by Crippen LogP contribution is 2.19. The number of nitrogens with zero attached hydrogens (tertiary/aromatic N) is 2. The Balaban J connectivity index is 2.26. The van der Waals surface area contributed by atoms with Gasteiger partial charge in [-0.2, -0.15) is 0 Å². The quantitative estimate of drug-likeness (QED) is 0.736. The summed E-state index contributed by atoms with van der Waals surface area (Å²) >= 11 is 0. The largest absolute Gasteiger partial charge is 0.308 e. The first-order valence-corrected chi connectivity index (χ1v) is 5.78. The Kier molecular flexibility index (Phi) is 4.85. The summed E-state index contributed by atoms with van der Waals surface area (Å²) in [5.41, 5.74) is 3.54. The molecular formula is C11H25N3. The SMILES string of the molecule is CC1CCCC(C)N1NCCN(C)C. The maximum absolute atomic E-state index is 3.54. The fraction of sp³-hybridized carbons (Fsp3) is 1.00. The Labute approximate surface area is 88.4 Å². The normalized spacial score (nSPS) is 29.8. The van der Waals surface area contributed by atoms with E-state index in [0.29, 0.717) is 12.1 Å². The lowest BCUT2D eigenvalue weighted by atomic mass is 10.00. The van der Waals surface area contributed by atoms with Crippen molar-refractivity contribution in [2.24, 2.45) is 0 Å². The highest BCUT2D eigenvalue weighted by Gasteiger charge is 2.23. The van der Waals surface area contributed by atoms with Crippen LogP contribution in [0.1, 0.15) is 33.1 Å². The van der Waals surface area contributed by atoms with Crippen LogP contribution in [0, 0.1) is 0 Å². The van der Waals surface area contributed by atoms with Gasteiger partial charge in [0.2, 0.25) is 0 Å². The van der Waals surface area contributed by atoms with Crippen LogP contribution in [0.4, 0.5) is 0 Å². The van der Waals surface area contributed by atoms with Gasteiger partial charge in [0.15, 0.2) is 0 Å². The van der Waals surface area contributed by atoms with Crippen LogP contribution in [0.25, 0.3) is 0 Å². The van der Waals surface area contributed by atoms with Crippen molar-refractivity contribution < 1.29 is 0 Å². The maximum Gasteiger partial charge on any atom is 0.0230 e. The third kappa shape index (κ3) is 3.56. The van der Waals surface area contributed by atoms with Gasteiger partial charge in [-0.1, -0.05) is 6.42 Å². The summed E-state index contributed by atoms with van der Waals surface area (Å²) in [6.07, 6.45) is 4.05. The number of rotatable bonds is 4. The summed E-state index contributed by atoms with van der Waals surface area (Å²) in [6.45, 7) is 6.80. The molecule has 0 radical (unpaired) electrons. The molecule has 1 saturated heterocycles. The molecule has 1 rings (SSSR count). The summed E-state index contributed by atoms with van der Waals surface area (Å²) in [7, 11) is 4.23. The molecule has 2 atom stereocenters. The van der Waals surface area contributed by atoms with Crippen molar-refractivity contribution in [2.45, 2.75) is 45.2 Å². The van der Waals surface area contributed by atoms with Crippen LogP contribution in [-0.4, -0.2) is 49.2 Å². The van der Waals surface area contributed by atoms with E-state index in [-0.39, 0.29) is 0 Å². The van der Waals surface area contributed by atoms with Crippen LogP contribution in [0.5, 0.6) is 0 Å². The van der Waals surface area contributed by atoms with Gasteiger partial charge in [0.1, 0.15) is 0 Å². The molecule has 0 aliphatic carbocycles. The van der Waals surface area contributed by atoms with E-state index in [0.717, 1.165) is 13.1 Å². The third-order valence-corrected chi connectivity index (χ3v) is 3.05. The molecule has 1 fully saturated rings. The average Bonchev–Trinajstić information content (AvgIpc) is 2.09. The maximum atomic E-state index is 3.54. The Morgan fingerprint density at radius 3 is 2.29 bits per heavy atom. The summed E-state index contributed by atoms with van der Waals surface area (Å²) in [6, 6.07) is 1.39. The van der Waals surface area contributed by atoms with E-state index in [2.05, 4.69) is 43.3 Å². The summed E-state index contributed by atoms with van der Waals surface area (Å²) in [5, 5.41) is 2.44. The van der Waals surface area contributed by atoms with E-state index in [1.54, 1.807) is 0 Å². The lowest BCUT2D eigenvalue weighted by molar-refractivity contribution is 0.0444. The minimum Gasteiger partial charge on any atom is -0.308 e. The van der Waals surface area contributed by atoms with Gasteiger partial charge in [0.05, 0.1) is 0 Å². The van der Waals surface area contributed by atoms with Gasteiger partial charge >= 0.3 is 0 Å². The van der Waals surface area contributed by atoms with E-state index in [9.17, 15) is 0 Å². The lowest BCUT2D eigenvalue weighted by Gasteiger charge is -2.39. The molecule has 2 unspecified atom stereocenters. The molecule has 14 heavy (non-hydrogen) atoms. The molecule has 3 nitrogen and oxygen atoms in total. The Morgan fingerprint density at radius 2 is 1.79 bits per heavy atom. The molecule has 0 amide bonds. The van der Waals surface area contributed by atoms with Crippen molar-refractivity contribution in [3.8, 4) is 0 Å². The van der Waals surface area contributed by atoms with Crippen LogP contribution in [0.3, 0.4) is 0 Å². The van der Waals surface area contributed by atoms with Crippen molar-refractivity contribution in [1.82, 2.24) is 15.3 Å². The number of likely N-dealkylation sites (N-methyl/N-ethyl adjacent to an activating group) is 1. The number of hydrazine groups is 1. The summed E-state index contributed by atoms with van der Waals surface area (Å²) < 4.78 is 0. The highest BCUT2D eigenvalue weighted by molar-refractivity contribution is 4.76. The van der Waals surface area contributed by atoms with Crippen molar-refractivity contribution in [3.63, 3.8) is 0 Å². The Morgan fingerprint density at radius 1 is 1.21 bits per heavy atom. The lowest BCUT2D eigenvalue weighted by Crippen LogP contribution is -2.53. The van der Waals surface area contributed by atoms with E-state index >= 15 is 0 Å². The number of hydrogen-bond donors (Lipinski definition) is 1. The second kappa shape index (κ2) is 5.69. The molecule has 0 saturated carbocycles. The molecular weight excluding hydrogens is 174 g/mol. The zero-order chi connectivity index (χ0) is 10.6. The smallest absolute Gasteiger partial charge is 0.0230 e. The Hall–Kier alpha value is -0.120. The fourth-order valence-corrected chi connectivity index (χ4v) is 2.14. The van der Waals surface area contributed by atoms with E-state index < -0.39 is 0 Å². The van der Waals surface area contributed by atoms with Gasteiger partial charge in [-0.3, -0.25) is 5.43 Å². The van der Waals surface area contributed by atoms with Crippen LogP contribution in [0.15, 0.2) is 0 Å². The molecule has 1 heterocycles. The number of hydrogen-bond acceptors (Lipinski definition) is 3. The van der Waals surface area contributed by atoms with Gasteiger partial charge in [0.25, 0.3) is 0 Å². The van der Waals surface area contributed by atoms with Crippen molar-refractivity contribution in [2.75, 3.05) is 27.2 Å². The molecule has 84 valence electrons. The third-order valence-electron chi connectivity index (χ3n) is 3.05. The minimum atomic E-state index is 0.695. The molecule has 0 aromatic carbocycles.